The number of anilines is 1. The maximum absolute atomic E-state index is 5.25. The van der Waals surface area contributed by atoms with Gasteiger partial charge in [-0.05, 0) is 50.2 Å². The fourth-order valence-corrected chi connectivity index (χ4v) is 2.84. The fraction of sp³-hybridized carbons (Fsp3) is 0.444. The Morgan fingerprint density at radius 3 is 2.54 bits per heavy atom. The van der Waals surface area contributed by atoms with Gasteiger partial charge in [0.25, 0.3) is 0 Å². The van der Waals surface area contributed by atoms with Crippen LogP contribution in [0, 0.1) is 0 Å². The summed E-state index contributed by atoms with van der Waals surface area (Å²) in [6, 6.07) is 10.2. The summed E-state index contributed by atoms with van der Waals surface area (Å²) in [5, 5.41) is 6.92. The first-order valence-corrected chi connectivity index (χ1v) is 8.27. The Kier molecular flexibility index (Phi) is 5.61. The minimum atomic E-state index is 0.445. The van der Waals surface area contributed by atoms with Gasteiger partial charge in [-0.2, -0.15) is 0 Å². The minimum Gasteiger partial charge on any atom is -0.497 e. The Morgan fingerprint density at radius 2 is 1.88 bits per heavy atom. The molecule has 1 aromatic heterocycles. The normalized spacial score (nSPS) is 15.2. The van der Waals surface area contributed by atoms with Gasteiger partial charge in [0.15, 0.2) is 5.82 Å². The van der Waals surface area contributed by atoms with Crippen LogP contribution in [0.5, 0.6) is 5.75 Å². The first-order valence-electron chi connectivity index (χ1n) is 8.27. The molecule has 1 aliphatic rings. The van der Waals surface area contributed by atoms with Gasteiger partial charge in [0.05, 0.1) is 19.4 Å². The Labute approximate surface area is 142 Å². The topological polar surface area (TPSA) is 68.3 Å². The van der Waals surface area contributed by atoms with Gasteiger partial charge in [0.1, 0.15) is 11.6 Å². The van der Waals surface area contributed by atoms with Crippen molar-refractivity contribution < 1.29 is 9.47 Å². The number of nitrogens with one attached hydrogen (secondary N) is 2. The van der Waals surface area contributed by atoms with Crippen molar-refractivity contribution in [1.82, 2.24) is 15.3 Å². The highest BCUT2D eigenvalue weighted by Gasteiger charge is 2.15. The SMILES string of the molecule is COCc1cc(NC2CCNCC2)nc(-c2ccc(OC)cc2)n1. The van der Waals surface area contributed by atoms with Crippen LogP contribution in [-0.2, 0) is 11.3 Å². The lowest BCUT2D eigenvalue weighted by molar-refractivity contribution is 0.181. The average molecular weight is 328 g/mol. The van der Waals surface area contributed by atoms with E-state index >= 15 is 0 Å². The van der Waals surface area contributed by atoms with Crippen LogP contribution in [0.2, 0.25) is 0 Å². The number of aromatic nitrogens is 2. The lowest BCUT2D eigenvalue weighted by Crippen LogP contribution is -2.35. The van der Waals surface area contributed by atoms with Crippen molar-refractivity contribution in [2.24, 2.45) is 0 Å². The van der Waals surface area contributed by atoms with E-state index in [-0.39, 0.29) is 0 Å². The van der Waals surface area contributed by atoms with Gasteiger partial charge < -0.3 is 20.1 Å². The van der Waals surface area contributed by atoms with Crippen molar-refractivity contribution in [3.8, 4) is 17.1 Å². The van der Waals surface area contributed by atoms with E-state index in [9.17, 15) is 0 Å². The van der Waals surface area contributed by atoms with Crippen LogP contribution >= 0.6 is 0 Å². The number of benzene rings is 1. The number of nitrogens with zero attached hydrogens (tertiary/aromatic N) is 2. The third kappa shape index (κ3) is 4.21. The fourth-order valence-electron chi connectivity index (χ4n) is 2.84. The van der Waals surface area contributed by atoms with E-state index < -0.39 is 0 Å². The molecular formula is C18H24N4O2. The second kappa shape index (κ2) is 8.08. The molecule has 24 heavy (non-hydrogen) atoms. The molecule has 0 bridgehead atoms. The van der Waals surface area contributed by atoms with E-state index in [0.717, 1.165) is 48.8 Å². The van der Waals surface area contributed by atoms with Gasteiger partial charge in [-0.25, -0.2) is 9.97 Å². The monoisotopic (exact) mass is 328 g/mol. The summed E-state index contributed by atoms with van der Waals surface area (Å²) in [7, 11) is 3.33. The number of methoxy groups -OCH3 is 2. The zero-order valence-electron chi connectivity index (χ0n) is 14.2. The van der Waals surface area contributed by atoms with Crippen LogP contribution in [0.3, 0.4) is 0 Å². The molecule has 0 amide bonds. The van der Waals surface area contributed by atoms with Gasteiger partial charge in [-0.15, -0.1) is 0 Å². The van der Waals surface area contributed by atoms with Crippen LogP contribution in [0.25, 0.3) is 11.4 Å². The molecule has 1 aliphatic heterocycles. The summed E-state index contributed by atoms with van der Waals surface area (Å²) >= 11 is 0. The van der Waals surface area contributed by atoms with Crippen molar-refractivity contribution in [1.29, 1.82) is 0 Å². The molecule has 0 aliphatic carbocycles. The van der Waals surface area contributed by atoms with E-state index in [0.29, 0.717) is 18.5 Å². The molecule has 2 N–H and O–H groups in total. The number of hydrogen-bond donors (Lipinski definition) is 2. The van der Waals surface area contributed by atoms with Gasteiger partial charge >= 0.3 is 0 Å². The Morgan fingerprint density at radius 1 is 1.12 bits per heavy atom. The molecule has 2 heterocycles. The number of ether oxygens (including phenoxy) is 2. The zero-order valence-corrected chi connectivity index (χ0v) is 14.2. The Bertz CT molecular complexity index is 655. The number of hydrogen-bond acceptors (Lipinski definition) is 6. The molecule has 0 radical (unpaired) electrons. The van der Waals surface area contributed by atoms with E-state index in [1.54, 1.807) is 14.2 Å². The number of piperidine rings is 1. The van der Waals surface area contributed by atoms with Crippen LogP contribution in [0.15, 0.2) is 30.3 Å². The molecule has 1 aromatic carbocycles. The molecule has 2 aromatic rings. The summed E-state index contributed by atoms with van der Waals surface area (Å²) < 4.78 is 10.5. The van der Waals surface area contributed by atoms with Crippen molar-refractivity contribution in [2.75, 3.05) is 32.6 Å². The summed E-state index contributed by atoms with van der Waals surface area (Å²) in [5.74, 6) is 2.37. The highest BCUT2D eigenvalue weighted by Crippen LogP contribution is 2.22. The van der Waals surface area contributed by atoms with Gasteiger partial charge in [0.2, 0.25) is 0 Å². The van der Waals surface area contributed by atoms with E-state index in [4.69, 9.17) is 14.5 Å². The summed E-state index contributed by atoms with van der Waals surface area (Å²) in [6.45, 7) is 2.55. The summed E-state index contributed by atoms with van der Waals surface area (Å²) in [4.78, 5) is 9.31. The maximum Gasteiger partial charge on any atom is 0.161 e. The first kappa shape index (κ1) is 16.7. The molecular weight excluding hydrogens is 304 g/mol. The smallest absolute Gasteiger partial charge is 0.161 e. The average Bonchev–Trinajstić information content (AvgIpc) is 2.63. The summed E-state index contributed by atoms with van der Waals surface area (Å²) in [6.07, 6.45) is 2.20. The summed E-state index contributed by atoms with van der Waals surface area (Å²) in [5.41, 5.74) is 1.83. The lowest BCUT2D eigenvalue weighted by atomic mass is 10.1. The Hall–Kier alpha value is -2.18. The molecule has 1 fully saturated rings. The number of rotatable bonds is 6. The third-order valence-electron chi connectivity index (χ3n) is 4.11. The Balaban J connectivity index is 1.86. The van der Waals surface area contributed by atoms with Gasteiger partial charge in [-0.3, -0.25) is 0 Å². The highest BCUT2D eigenvalue weighted by molar-refractivity contribution is 5.58. The minimum absolute atomic E-state index is 0.445. The van der Waals surface area contributed by atoms with Gasteiger partial charge in [0, 0.05) is 24.8 Å². The molecule has 128 valence electrons. The zero-order chi connectivity index (χ0) is 16.8. The van der Waals surface area contributed by atoms with Crippen LogP contribution in [0.4, 0.5) is 5.82 Å². The molecule has 3 rings (SSSR count). The van der Waals surface area contributed by atoms with E-state index in [1.807, 2.05) is 30.3 Å². The maximum atomic E-state index is 5.25. The van der Waals surface area contributed by atoms with Crippen molar-refractivity contribution in [3.05, 3.63) is 36.0 Å². The highest BCUT2D eigenvalue weighted by atomic mass is 16.5. The molecule has 1 saturated heterocycles. The van der Waals surface area contributed by atoms with E-state index in [2.05, 4.69) is 15.6 Å². The molecule has 0 spiro atoms. The van der Waals surface area contributed by atoms with Crippen molar-refractivity contribution in [2.45, 2.75) is 25.5 Å². The van der Waals surface area contributed by atoms with Crippen LogP contribution in [0.1, 0.15) is 18.5 Å². The standard InChI is InChI=1S/C18H24N4O2/c1-23-12-15-11-17(20-14-7-9-19-10-8-14)22-18(21-15)13-3-5-16(24-2)6-4-13/h3-6,11,14,19H,7-10,12H2,1-2H3,(H,20,21,22). The second-order valence-corrected chi connectivity index (χ2v) is 5.90. The molecule has 6 heteroatoms. The van der Waals surface area contributed by atoms with Crippen LogP contribution in [-0.4, -0.2) is 43.3 Å². The first-order chi connectivity index (χ1) is 11.8. The third-order valence-corrected chi connectivity index (χ3v) is 4.11. The molecule has 0 saturated carbocycles. The van der Waals surface area contributed by atoms with E-state index in [1.165, 1.54) is 0 Å². The van der Waals surface area contributed by atoms with Crippen molar-refractivity contribution >= 4 is 5.82 Å². The molecule has 0 unspecified atom stereocenters. The predicted octanol–water partition coefficient (Wildman–Crippen LogP) is 2.46. The molecule has 6 nitrogen and oxygen atoms in total. The lowest BCUT2D eigenvalue weighted by Gasteiger charge is -2.24. The second-order valence-electron chi connectivity index (χ2n) is 5.90. The predicted molar refractivity (Wildman–Crippen MR) is 94.2 cm³/mol. The van der Waals surface area contributed by atoms with Gasteiger partial charge in [-0.1, -0.05) is 0 Å². The van der Waals surface area contributed by atoms with Crippen molar-refractivity contribution in [3.63, 3.8) is 0 Å². The quantitative estimate of drug-likeness (QED) is 0.849. The molecule has 0 atom stereocenters. The van der Waals surface area contributed by atoms with Crippen LogP contribution < -0.4 is 15.4 Å². The largest absolute Gasteiger partial charge is 0.497 e.